The maximum atomic E-state index is 13.4. The van der Waals surface area contributed by atoms with Crippen molar-refractivity contribution in [3.05, 3.63) is 0 Å². The molecule has 0 aromatic heterocycles. The molecule has 0 aliphatic carbocycles. The van der Waals surface area contributed by atoms with Crippen LogP contribution in [-0.4, -0.2) is 154 Å². The summed E-state index contributed by atoms with van der Waals surface area (Å²) < 4.78 is 0. The van der Waals surface area contributed by atoms with E-state index < -0.39 is 6.23 Å². The molecule has 95 heavy (non-hydrogen) atoms. The molecule has 1 atom stereocenters. The van der Waals surface area contributed by atoms with Crippen molar-refractivity contribution in [2.45, 2.75) is 394 Å². The van der Waals surface area contributed by atoms with Crippen molar-refractivity contribution in [2.24, 2.45) is 0 Å². The number of aliphatic hydroxyl groups is 1. The van der Waals surface area contributed by atoms with Crippen molar-refractivity contribution >= 4 is 23.6 Å². The van der Waals surface area contributed by atoms with Crippen molar-refractivity contribution in [3.8, 4) is 0 Å². The number of rotatable bonds is 80. The first kappa shape index (κ1) is 92.6. The van der Waals surface area contributed by atoms with Gasteiger partial charge in [-0.25, -0.2) is 0 Å². The minimum Gasteiger partial charge on any atom is -0.379 e. The van der Waals surface area contributed by atoms with E-state index in [9.17, 15) is 24.3 Å². The molecular formula is C81H165N9O5. The van der Waals surface area contributed by atoms with Gasteiger partial charge in [-0.15, -0.1) is 0 Å². The maximum absolute atomic E-state index is 13.4. The summed E-state index contributed by atoms with van der Waals surface area (Å²) in [5.74, 6) is 0.346. The van der Waals surface area contributed by atoms with Crippen molar-refractivity contribution in [1.29, 1.82) is 0 Å². The van der Waals surface area contributed by atoms with Crippen LogP contribution in [0.2, 0.25) is 0 Å². The molecule has 0 aromatic carbocycles. The molecule has 4 amide bonds. The minimum atomic E-state index is -0.582. The van der Waals surface area contributed by atoms with Gasteiger partial charge in [0.15, 0.2) is 0 Å². The molecule has 7 N–H and O–H groups in total. The molecule has 14 nitrogen and oxygen atoms in total. The van der Waals surface area contributed by atoms with Crippen molar-refractivity contribution in [2.75, 3.05) is 105 Å². The van der Waals surface area contributed by atoms with Crippen LogP contribution >= 0.6 is 0 Å². The highest BCUT2D eigenvalue weighted by Crippen LogP contribution is 2.16. The van der Waals surface area contributed by atoms with E-state index in [0.29, 0.717) is 84.5 Å². The van der Waals surface area contributed by atoms with Gasteiger partial charge in [-0.05, 0) is 45.1 Å². The molecule has 0 spiro atoms. The summed E-state index contributed by atoms with van der Waals surface area (Å²) in [6.45, 7) is 22.6. The third kappa shape index (κ3) is 72.7. The topological polar surface area (TPSA) is 170 Å². The van der Waals surface area contributed by atoms with Gasteiger partial charge >= 0.3 is 0 Å². The summed E-state index contributed by atoms with van der Waals surface area (Å²) in [5, 5.41) is 31.0. The van der Waals surface area contributed by atoms with Crippen LogP contribution in [0, 0.1) is 0 Å². The molecule has 0 saturated heterocycles. The SMILES string of the molecule is CCCCCCCCCCCCNC(=O)CCN(CCNCCN(CCC(=O)NCCCCCCCCCCCC)CCN(CCC(=O)NCCCCCCCCCCCC)CCC(=O)NCCCCCCCCCCCC)CC[C@H](O)NCCCCCCCCCCCC. The van der Waals surface area contributed by atoms with Crippen molar-refractivity contribution < 1.29 is 24.3 Å². The van der Waals surface area contributed by atoms with Crippen molar-refractivity contribution in [3.63, 3.8) is 0 Å². The van der Waals surface area contributed by atoms with Crippen LogP contribution in [0.3, 0.4) is 0 Å². The molecule has 14 heteroatoms. The lowest BCUT2D eigenvalue weighted by molar-refractivity contribution is -0.122. The third-order valence-corrected chi connectivity index (χ3v) is 19.6. The minimum absolute atomic E-state index is 0.0746. The lowest BCUT2D eigenvalue weighted by Gasteiger charge is -2.28. The number of unbranched alkanes of at least 4 members (excludes halogenated alkanes) is 45. The third-order valence-electron chi connectivity index (χ3n) is 19.6. The summed E-state index contributed by atoms with van der Waals surface area (Å²) in [6, 6.07) is 0. The standard InChI is InChI=1S/C81H165N9O5/c1-6-11-16-21-26-31-36-41-46-51-61-83-77(91)56-68-88(69-57-78(92)84-62-52-47-42-37-32-27-22-17-12-7-2)73-66-82-67-74-90(72-60-81(95)87-65-55-50-45-40-35-30-25-20-15-10-5)76-75-89(70-58-79(93)85-63-53-48-43-38-33-28-23-18-13-8-3)71-59-80(94)86-64-54-49-44-39-34-29-24-19-14-9-4/h77,82-83,91H,6-76H2,1-5H3,(H,84,92)(H,85,93)(H,86,94)(H,87,95)/t77-/m0/s1. The highest BCUT2D eigenvalue weighted by atomic mass is 16.3. The molecule has 0 aliphatic rings. The highest BCUT2D eigenvalue weighted by molar-refractivity contribution is 5.77. The molecule has 0 bridgehead atoms. The van der Waals surface area contributed by atoms with Gasteiger partial charge < -0.3 is 46.4 Å². The largest absolute Gasteiger partial charge is 0.379 e. The molecule has 0 heterocycles. The van der Waals surface area contributed by atoms with Gasteiger partial charge in [0.2, 0.25) is 23.6 Å². The van der Waals surface area contributed by atoms with Gasteiger partial charge in [-0.1, -0.05) is 324 Å². The molecule has 0 aliphatic heterocycles. The lowest BCUT2D eigenvalue weighted by Crippen LogP contribution is -2.43. The number of carbonyl (C=O) groups is 4. The average molecular weight is 1350 g/mol. The number of aliphatic hydroxyl groups excluding tert-OH is 1. The smallest absolute Gasteiger partial charge is 0.221 e. The fourth-order valence-electron chi connectivity index (χ4n) is 12.9. The van der Waals surface area contributed by atoms with E-state index in [4.69, 9.17) is 0 Å². The zero-order valence-corrected chi connectivity index (χ0v) is 64.2. The molecule has 564 valence electrons. The number of carbonyl (C=O) groups excluding carboxylic acids is 4. The fourth-order valence-corrected chi connectivity index (χ4v) is 12.9. The van der Waals surface area contributed by atoms with Gasteiger partial charge in [0.25, 0.3) is 0 Å². The summed E-state index contributed by atoms with van der Waals surface area (Å²) in [4.78, 5) is 60.2. The van der Waals surface area contributed by atoms with Gasteiger partial charge in [-0.2, -0.15) is 0 Å². The average Bonchev–Trinajstić information content (AvgIpc) is 3.51. The van der Waals surface area contributed by atoms with Crippen LogP contribution in [0.5, 0.6) is 0 Å². The van der Waals surface area contributed by atoms with Crippen LogP contribution in [0.25, 0.3) is 0 Å². The Bertz CT molecular complexity index is 1550. The summed E-state index contributed by atoms with van der Waals surface area (Å²) in [5.41, 5.74) is 0. The molecule has 0 unspecified atom stereocenters. The molecule has 0 rings (SSSR count). The Morgan fingerprint density at radius 2 is 0.442 bits per heavy atom. The van der Waals surface area contributed by atoms with Crippen LogP contribution in [0.4, 0.5) is 0 Å². The van der Waals surface area contributed by atoms with Gasteiger partial charge in [0, 0.05) is 124 Å². The monoisotopic (exact) mass is 1340 g/mol. The summed E-state index contributed by atoms with van der Waals surface area (Å²) in [6.07, 6.45) is 65.3. The Balaban J connectivity index is 5.83. The molecule has 0 aromatic rings. The number of nitrogens with one attached hydrogen (secondary N) is 6. The second kappa shape index (κ2) is 77.4. The first-order chi connectivity index (χ1) is 46.7. The van der Waals surface area contributed by atoms with Crippen molar-refractivity contribution in [1.82, 2.24) is 46.6 Å². The van der Waals surface area contributed by atoms with Gasteiger partial charge in [0.1, 0.15) is 6.23 Å². The highest BCUT2D eigenvalue weighted by Gasteiger charge is 2.17. The Morgan fingerprint density at radius 3 is 0.684 bits per heavy atom. The Morgan fingerprint density at radius 1 is 0.242 bits per heavy atom. The Hall–Kier alpha value is -2.36. The van der Waals surface area contributed by atoms with Gasteiger partial charge in [0.05, 0.1) is 0 Å². The van der Waals surface area contributed by atoms with Gasteiger partial charge in [-0.3, -0.25) is 24.5 Å². The molecule has 0 radical (unpaired) electrons. The first-order valence-electron chi connectivity index (χ1n) is 42.0. The Labute approximate surface area is 590 Å². The second-order valence-corrected chi connectivity index (χ2v) is 28.8. The number of hydrogen-bond donors (Lipinski definition) is 7. The van der Waals surface area contributed by atoms with Crippen LogP contribution < -0.4 is 31.9 Å². The second-order valence-electron chi connectivity index (χ2n) is 28.8. The lowest BCUT2D eigenvalue weighted by atomic mass is 10.1. The van der Waals surface area contributed by atoms with E-state index in [-0.39, 0.29) is 23.6 Å². The number of hydrogen-bond acceptors (Lipinski definition) is 10. The van der Waals surface area contributed by atoms with E-state index in [1.165, 1.54) is 263 Å². The first-order valence-corrected chi connectivity index (χ1v) is 42.0. The molecule has 0 fully saturated rings. The molecule has 0 saturated carbocycles. The van der Waals surface area contributed by atoms with E-state index in [1.807, 2.05) is 0 Å². The molecular weight excluding hydrogens is 1180 g/mol. The number of nitrogens with zero attached hydrogens (tertiary/aromatic N) is 3. The fraction of sp³-hybridized carbons (Fsp3) is 0.951. The zero-order chi connectivity index (χ0) is 69.1. The zero-order valence-electron chi connectivity index (χ0n) is 64.2. The van der Waals surface area contributed by atoms with E-state index in [2.05, 4.69) is 81.2 Å². The quantitative estimate of drug-likeness (QED) is 0.0230. The van der Waals surface area contributed by atoms with Crippen LogP contribution in [0.15, 0.2) is 0 Å². The predicted molar refractivity (Wildman–Crippen MR) is 411 cm³/mol. The summed E-state index contributed by atoms with van der Waals surface area (Å²) >= 11 is 0. The summed E-state index contributed by atoms with van der Waals surface area (Å²) in [7, 11) is 0. The van der Waals surface area contributed by atoms with E-state index >= 15 is 0 Å². The van der Waals surface area contributed by atoms with E-state index in [0.717, 1.165) is 110 Å². The predicted octanol–water partition coefficient (Wildman–Crippen LogP) is 18.4. The van der Waals surface area contributed by atoms with E-state index in [1.54, 1.807) is 0 Å². The number of amides is 4. The maximum Gasteiger partial charge on any atom is 0.221 e. The van der Waals surface area contributed by atoms with Crippen LogP contribution in [0.1, 0.15) is 388 Å². The van der Waals surface area contributed by atoms with Crippen LogP contribution in [-0.2, 0) is 19.2 Å². The Kier molecular flexibility index (Phi) is 75.5. The normalized spacial score (nSPS) is 12.0.